The molecule has 0 aromatic rings. The summed E-state index contributed by atoms with van der Waals surface area (Å²) in [4.78, 5) is 0. The van der Waals surface area contributed by atoms with Gasteiger partial charge in [0.15, 0.2) is 0 Å². The number of rotatable bonds is 4. The minimum Gasteiger partial charge on any atom is -0.0683 e. The van der Waals surface area contributed by atoms with Crippen LogP contribution in [0.25, 0.3) is 0 Å². The van der Waals surface area contributed by atoms with Crippen molar-refractivity contribution in [1.29, 1.82) is 0 Å². The molecule has 0 heterocycles. The third kappa shape index (κ3) is 5.62. The van der Waals surface area contributed by atoms with Crippen LogP contribution in [-0.2, 0) is 0 Å². The van der Waals surface area contributed by atoms with Crippen LogP contribution < -0.4 is 0 Å². The predicted molar refractivity (Wildman–Crippen MR) is 57.4 cm³/mol. The Bertz CT molecular complexity index is 70.1. The van der Waals surface area contributed by atoms with E-state index in [9.17, 15) is 0 Å². The van der Waals surface area contributed by atoms with Crippen LogP contribution in [0.4, 0.5) is 0 Å². The first-order valence-electron chi connectivity index (χ1n) is 5.93. The summed E-state index contributed by atoms with van der Waals surface area (Å²) < 4.78 is 0. The van der Waals surface area contributed by atoms with Crippen molar-refractivity contribution in [2.24, 2.45) is 5.92 Å². The zero-order chi connectivity index (χ0) is 9.23. The molecule has 12 heavy (non-hydrogen) atoms. The van der Waals surface area contributed by atoms with Crippen molar-refractivity contribution >= 4 is 0 Å². The van der Waals surface area contributed by atoms with E-state index in [0.717, 1.165) is 5.92 Å². The summed E-state index contributed by atoms with van der Waals surface area (Å²) in [7, 11) is 0. The summed E-state index contributed by atoms with van der Waals surface area (Å²) in [6.45, 7) is 6.29. The lowest BCUT2D eigenvalue weighted by atomic mass is 10.0. The Morgan fingerprint density at radius 3 is 2.08 bits per heavy atom. The molecule has 1 fully saturated rings. The van der Waals surface area contributed by atoms with Gasteiger partial charge in [0.05, 0.1) is 0 Å². The first-order chi connectivity index (χ1) is 5.93. The molecule has 0 aliphatic heterocycles. The molecule has 0 N–H and O–H groups in total. The summed E-state index contributed by atoms with van der Waals surface area (Å²) in [6, 6.07) is 0. The third-order valence-electron chi connectivity index (χ3n) is 2.69. The molecular weight excluding hydrogens is 144 g/mol. The molecular formula is C12H26. The topological polar surface area (TPSA) is 0 Å². The minimum atomic E-state index is 1.12. The van der Waals surface area contributed by atoms with Crippen molar-refractivity contribution < 1.29 is 0 Å². The molecule has 0 radical (unpaired) electrons. The third-order valence-corrected chi connectivity index (χ3v) is 2.69. The van der Waals surface area contributed by atoms with Crippen LogP contribution in [0.3, 0.4) is 0 Å². The van der Waals surface area contributed by atoms with Crippen LogP contribution in [0.5, 0.6) is 0 Å². The standard InChI is InChI=1S/C10H20.C2H6/c1-2-3-4-7-10-8-5-6-9-10;1-2/h10H,2-9H2,1H3;1-2H3. The Kier molecular flexibility index (Phi) is 9.09. The van der Waals surface area contributed by atoms with Crippen molar-refractivity contribution in [1.82, 2.24) is 0 Å². The van der Waals surface area contributed by atoms with Gasteiger partial charge in [0, 0.05) is 0 Å². The van der Waals surface area contributed by atoms with Crippen LogP contribution in [0.1, 0.15) is 72.1 Å². The highest BCUT2D eigenvalue weighted by atomic mass is 14.2. The number of unbranched alkanes of at least 4 members (excludes halogenated alkanes) is 2. The quantitative estimate of drug-likeness (QED) is 0.532. The lowest BCUT2D eigenvalue weighted by Crippen LogP contribution is -1.91. The normalized spacial score (nSPS) is 17.2. The minimum absolute atomic E-state index is 1.12. The fraction of sp³-hybridized carbons (Fsp3) is 1.00. The Labute approximate surface area is 78.8 Å². The maximum atomic E-state index is 2.29. The number of hydrogen-bond donors (Lipinski definition) is 0. The first kappa shape index (κ1) is 12.0. The Hall–Kier alpha value is 0. The lowest BCUT2D eigenvalue weighted by Gasteiger charge is -2.06. The predicted octanol–water partition coefficient (Wildman–Crippen LogP) is 4.78. The van der Waals surface area contributed by atoms with Crippen molar-refractivity contribution in [2.75, 3.05) is 0 Å². The van der Waals surface area contributed by atoms with Gasteiger partial charge < -0.3 is 0 Å². The first-order valence-corrected chi connectivity index (χ1v) is 5.93. The average Bonchev–Trinajstić information content (AvgIpc) is 2.61. The van der Waals surface area contributed by atoms with E-state index < -0.39 is 0 Å². The molecule has 0 nitrogen and oxygen atoms in total. The van der Waals surface area contributed by atoms with E-state index in [1.54, 1.807) is 0 Å². The van der Waals surface area contributed by atoms with E-state index in [1.807, 2.05) is 13.8 Å². The summed E-state index contributed by atoms with van der Waals surface area (Å²) in [5.74, 6) is 1.12. The molecule has 1 aliphatic carbocycles. The Morgan fingerprint density at radius 2 is 1.58 bits per heavy atom. The van der Waals surface area contributed by atoms with Gasteiger partial charge in [-0.25, -0.2) is 0 Å². The van der Waals surface area contributed by atoms with Gasteiger partial charge in [-0.15, -0.1) is 0 Å². The van der Waals surface area contributed by atoms with Crippen molar-refractivity contribution in [3.8, 4) is 0 Å². The molecule has 0 bridgehead atoms. The van der Waals surface area contributed by atoms with Crippen molar-refractivity contribution in [3.63, 3.8) is 0 Å². The van der Waals surface area contributed by atoms with Gasteiger partial charge in [0.2, 0.25) is 0 Å². The van der Waals surface area contributed by atoms with Crippen LogP contribution in [0.15, 0.2) is 0 Å². The molecule has 0 atom stereocenters. The summed E-state index contributed by atoms with van der Waals surface area (Å²) >= 11 is 0. The van der Waals surface area contributed by atoms with Crippen molar-refractivity contribution in [2.45, 2.75) is 72.1 Å². The fourth-order valence-electron chi connectivity index (χ4n) is 1.98. The van der Waals surface area contributed by atoms with Crippen LogP contribution in [0, 0.1) is 5.92 Å². The Balaban J connectivity index is 0.000000561. The summed E-state index contributed by atoms with van der Waals surface area (Å²) in [6.07, 6.45) is 11.9. The van der Waals surface area contributed by atoms with Gasteiger partial charge in [-0.05, 0) is 5.92 Å². The van der Waals surface area contributed by atoms with Crippen LogP contribution in [-0.4, -0.2) is 0 Å². The molecule has 74 valence electrons. The fourth-order valence-corrected chi connectivity index (χ4v) is 1.98. The largest absolute Gasteiger partial charge is 0.0683 e. The lowest BCUT2D eigenvalue weighted by molar-refractivity contribution is 0.471. The van der Waals surface area contributed by atoms with E-state index >= 15 is 0 Å². The monoisotopic (exact) mass is 170 g/mol. The van der Waals surface area contributed by atoms with Crippen LogP contribution in [0.2, 0.25) is 0 Å². The van der Waals surface area contributed by atoms with Gasteiger partial charge in [0.25, 0.3) is 0 Å². The summed E-state index contributed by atoms with van der Waals surface area (Å²) in [5, 5.41) is 0. The molecule has 0 aromatic carbocycles. The highest BCUT2D eigenvalue weighted by molar-refractivity contribution is 4.66. The van der Waals surface area contributed by atoms with Gasteiger partial charge >= 0.3 is 0 Å². The van der Waals surface area contributed by atoms with Gasteiger partial charge in [0.1, 0.15) is 0 Å². The zero-order valence-corrected chi connectivity index (χ0v) is 9.23. The maximum absolute atomic E-state index is 2.29. The maximum Gasteiger partial charge on any atom is -0.0414 e. The van der Waals surface area contributed by atoms with E-state index in [0.29, 0.717) is 0 Å². The molecule has 0 saturated heterocycles. The van der Waals surface area contributed by atoms with Crippen molar-refractivity contribution in [3.05, 3.63) is 0 Å². The molecule has 1 aliphatic rings. The molecule has 0 unspecified atom stereocenters. The number of hydrogen-bond acceptors (Lipinski definition) is 0. The second-order valence-corrected chi connectivity index (χ2v) is 3.65. The van der Waals surface area contributed by atoms with Gasteiger partial charge in [-0.2, -0.15) is 0 Å². The summed E-state index contributed by atoms with van der Waals surface area (Å²) in [5.41, 5.74) is 0. The SMILES string of the molecule is CC.CCCCCC1CCCC1. The molecule has 0 amide bonds. The van der Waals surface area contributed by atoms with Crippen LogP contribution >= 0.6 is 0 Å². The highest BCUT2D eigenvalue weighted by Crippen LogP contribution is 2.28. The molecule has 0 spiro atoms. The molecule has 1 saturated carbocycles. The molecule has 1 rings (SSSR count). The zero-order valence-electron chi connectivity index (χ0n) is 9.23. The second-order valence-electron chi connectivity index (χ2n) is 3.65. The average molecular weight is 170 g/mol. The van der Waals surface area contributed by atoms with E-state index in [1.165, 1.54) is 51.4 Å². The van der Waals surface area contributed by atoms with Gasteiger partial charge in [-0.3, -0.25) is 0 Å². The van der Waals surface area contributed by atoms with E-state index in [2.05, 4.69) is 6.92 Å². The smallest absolute Gasteiger partial charge is 0.0414 e. The van der Waals surface area contributed by atoms with E-state index in [-0.39, 0.29) is 0 Å². The highest BCUT2D eigenvalue weighted by Gasteiger charge is 2.13. The van der Waals surface area contributed by atoms with Gasteiger partial charge in [-0.1, -0.05) is 72.1 Å². The second kappa shape index (κ2) is 9.09. The molecule has 0 heteroatoms. The molecule has 0 aromatic heterocycles. The van der Waals surface area contributed by atoms with E-state index in [4.69, 9.17) is 0 Å². The Morgan fingerprint density at radius 1 is 1.00 bits per heavy atom.